The second-order valence-electron chi connectivity index (χ2n) is 5.73. The Morgan fingerprint density at radius 1 is 1.26 bits per heavy atom. The molecule has 1 aliphatic rings. The molecule has 3 rings (SSSR count). The van der Waals surface area contributed by atoms with Crippen molar-refractivity contribution in [3.8, 4) is 5.75 Å². The number of fused-ring (bicyclic) bond motifs is 1. The number of carbonyl (C=O) groups excluding carboxylic acids is 1. The molecule has 3 nitrogen and oxygen atoms in total. The number of likely N-dealkylation sites (N-methyl/N-ethyl adjacent to an activating group) is 1. The molecule has 1 aliphatic heterocycles. The minimum Gasteiger partial charge on any atom is -0.488 e. The Bertz CT molecular complexity index is 783. The summed E-state index contributed by atoms with van der Waals surface area (Å²) in [6, 6.07) is 13.5. The van der Waals surface area contributed by atoms with E-state index in [0.717, 1.165) is 16.9 Å². The van der Waals surface area contributed by atoms with Gasteiger partial charge in [-0.05, 0) is 42.3 Å². The molecule has 2 aromatic rings. The van der Waals surface area contributed by atoms with Crippen molar-refractivity contribution in [3.05, 3.63) is 69.8 Å². The van der Waals surface area contributed by atoms with Crippen molar-refractivity contribution in [1.29, 1.82) is 0 Å². The Morgan fingerprint density at radius 3 is 2.83 bits per heavy atom. The molecular formula is C19H18ClNO2. The molecule has 1 heterocycles. The van der Waals surface area contributed by atoms with E-state index >= 15 is 0 Å². The summed E-state index contributed by atoms with van der Waals surface area (Å²) >= 11 is 6.01. The monoisotopic (exact) mass is 327 g/mol. The highest BCUT2D eigenvalue weighted by Gasteiger charge is 2.20. The van der Waals surface area contributed by atoms with Crippen molar-refractivity contribution in [2.75, 3.05) is 13.7 Å². The standard InChI is InChI=1S/C19H18ClNO2/c1-13-5-3-4-6-14(13)11-21(2)19(22)16-9-15-10-17(20)7-8-18(15)23-12-16/h3-10H,11-12H2,1-2H3. The molecular weight excluding hydrogens is 310 g/mol. The summed E-state index contributed by atoms with van der Waals surface area (Å²) in [5.41, 5.74) is 3.80. The Hall–Kier alpha value is -2.26. The smallest absolute Gasteiger partial charge is 0.253 e. The van der Waals surface area contributed by atoms with Gasteiger partial charge in [0.1, 0.15) is 12.4 Å². The summed E-state index contributed by atoms with van der Waals surface area (Å²) in [4.78, 5) is 14.4. The fourth-order valence-electron chi connectivity index (χ4n) is 2.63. The predicted octanol–water partition coefficient (Wildman–Crippen LogP) is 4.08. The lowest BCUT2D eigenvalue weighted by Gasteiger charge is -2.23. The van der Waals surface area contributed by atoms with Crippen LogP contribution in [-0.2, 0) is 11.3 Å². The maximum absolute atomic E-state index is 12.7. The maximum Gasteiger partial charge on any atom is 0.253 e. The lowest BCUT2D eigenvalue weighted by molar-refractivity contribution is -0.126. The van der Waals surface area contributed by atoms with Crippen molar-refractivity contribution < 1.29 is 9.53 Å². The van der Waals surface area contributed by atoms with E-state index in [4.69, 9.17) is 16.3 Å². The normalized spacial score (nSPS) is 12.9. The van der Waals surface area contributed by atoms with Crippen molar-refractivity contribution in [1.82, 2.24) is 4.90 Å². The highest BCUT2D eigenvalue weighted by molar-refractivity contribution is 6.30. The van der Waals surface area contributed by atoms with E-state index in [1.165, 1.54) is 5.56 Å². The molecule has 0 atom stereocenters. The SMILES string of the molecule is Cc1ccccc1CN(C)C(=O)C1=Cc2cc(Cl)ccc2OC1. The molecule has 0 spiro atoms. The minimum absolute atomic E-state index is 0.0288. The first-order valence-electron chi connectivity index (χ1n) is 7.47. The molecule has 1 amide bonds. The Kier molecular flexibility index (Phi) is 4.39. The average molecular weight is 328 g/mol. The van der Waals surface area contributed by atoms with E-state index < -0.39 is 0 Å². The van der Waals surface area contributed by atoms with E-state index in [2.05, 4.69) is 13.0 Å². The van der Waals surface area contributed by atoms with Crippen LogP contribution in [0.25, 0.3) is 6.08 Å². The number of ether oxygens (including phenoxy) is 1. The summed E-state index contributed by atoms with van der Waals surface area (Å²) in [6.07, 6.45) is 1.86. The number of halogens is 1. The molecule has 0 radical (unpaired) electrons. The van der Waals surface area contributed by atoms with Crippen LogP contribution in [0.1, 0.15) is 16.7 Å². The fraction of sp³-hybridized carbons (Fsp3) is 0.211. The van der Waals surface area contributed by atoms with Crippen LogP contribution in [0.3, 0.4) is 0 Å². The van der Waals surface area contributed by atoms with E-state index in [9.17, 15) is 4.79 Å². The van der Waals surface area contributed by atoms with Crippen molar-refractivity contribution >= 4 is 23.6 Å². The zero-order valence-corrected chi connectivity index (χ0v) is 13.9. The number of carbonyl (C=O) groups is 1. The molecule has 4 heteroatoms. The van der Waals surface area contributed by atoms with Crippen LogP contribution in [0.15, 0.2) is 48.0 Å². The van der Waals surface area contributed by atoms with Gasteiger partial charge in [-0.1, -0.05) is 35.9 Å². The van der Waals surface area contributed by atoms with Crippen molar-refractivity contribution in [2.24, 2.45) is 0 Å². The molecule has 2 aromatic carbocycles. The zero-order valence-electron chi connectivity index (χ0n) is 13.2. The molecule has 0 saturated carbocycles. The van der Waals surface area contributed by atoms with Crippen LogP contribution in [0.2, 0.25) is 5.02 Å². The van der Waals surface area contributed by atoms with Gasteiger partial charge in [0.25, 0.3) is 5.91 Å². The third-order valence-corrected chi connectivity index (χ3v) is 4.21. The van der Waals surface area contributed by atoms with E-state index in [0.29, 0.717) is 17.1 Å². The summed E-state index contributed by atoms with van der Waals surface area (Å²) in [5.74, 6) is 0.728. The molecule has 0 bridgehead atoms. The van der Waals surface area contributed by atoms with E-state index in [1.54, 1.807) is 11.0 Å². The molecule has 0 aliphatic carbocycles. The van der Waals surface area contributed by atoms with Gasteiger partial charge in [-0.15, -0.1) is 0 Å². The van der Waals surface area contributed by atoms with Gasteiger partial charge < -0.3 is 9.64 Å². The highest BCUT2D eigenvalue weighted by Crippen LogP contribution is 2.29. The number of amides is 1. The van der Waals surface area contributed by atoms with Crippen molar-refractivity contribution in [2.45, 2.75) is 13.5 Å². The molecule has 0 unspecified atom stereocenters. The van der Waals surface area contributed by atoms with Crippen LogP contribution >= 0.6 is 11.6 Å². The number of nitrogens with zero attached hydrogens (tertiary/aromatic N) is 1. The van der Waals surface area contributed by atoms with Crippen LogP contribution < -0.4 is 4.74 Å². The van der Waals surface area contributed by atoms with Gasteiger partial charge >= 0.3 is 0 Å². The van der Waals surface area contributed by atoms with Crippen LogP contribution in [0.5, 0.6) is 5.75 Å². The Balaban J connectivity index is 1.79. The highest BCUT2D eigenvalue weighted by atomic mass is 35.5. The van der Waals surface area contributed by atoms with Gasteiger partial charge in [0.15, 0.2) is 0 Å². The molecule has 118 valence electrons. The zero-order chi connectivity index (χ0) is 16.4. The van der Waals surface area contributed by atoms with Crippen molar-refractivity contribution in [3.63, 3.8) is 0 Å². The van der Waals surface area contributed by atoms with E-state index in [-0.39, 0.29) is 12.5 Å². The van der Waals surface area contributed by atoms with E-state index in [1.807, 2.05) is 43.5 Å². The quantitative estimate of drug-likeness (QED) is 0.850. The predicted molar refractivity (Wildman–Crippen MR) is 92.6 cm³/mol. The van der Waals surface area contributed by atoms with Crippen LogP contribution in [0, 0.1) is 6.92 Å². The first kappa shape index (κ1) is 15.6. The second kappa shape index (κ2) is 6.47. The molecule has 0 fully saturated rings. The van der Waals surface area contributed by atoms with Gasteiger partial charge in [-0.2, -0.15) is 0 Å². The number of aryl methyl sites for hydroxylation is 1. The molecule has 0 saturated heterocycles. The second-order valence-corrected chi connectivity index (χ2v) is 6.16. The fourth-order valence-corrected chi connectivity index (χ4v) is 2.81. The van der Waals surface area contributed by atoms with Gasteiger partial charge in [-0.25, -0.2) is 0 Å². The molecule has 23 heavy (non-hydrogen) atoms. The van der Waals surface area contributed by atoms with Gasteiger partial charge in [0.2, 0.25) is 0 Å². The maximum atomic E-state index is 12.7. The largest absolute Gasteiger partial charge is 0.488 e. The van der Waals surface area contributed by atoms with Gasteiger partial charge in [0, 0.05) is 24.2 Å². The minimum atomic E-state index is -0.0288. The number of benzene rings is 2. The Morgan fingerprint density at radius 2 is 2.04 bits per heavy atom. The summed E-state index contributed by atoms with van der Waals surface area (Å²) in [5, 5.41) is 0.630. The number of rotatable bonds is 3. The number of hydrogen-bond donors (Lipinski definition) is 0. The van der Waals surface area contributed by atoms with Gasteiger partial charge in [0.05, 0.1) is 5.57 Å². The lowest BCUT2D eigenvalue weighted by atomic mass is 10.1. The average Bonchev–Trinajstić information content (AvgIpc) is 2.55. The van der Waals surface area contributed by atoms with Gasteiger partial charge in [-0.3, -0.25) is 4.79 Å². The third kappa shape index (κ3) is 3.40. The topological polar surface area (TPSA) is 29.5 Å². The Labute approximate surface area is 141 Å². The summed E-state index contributed by atoms with van der Waals surface area (Å²) < 4.78 is 5.66. The first-order valence-corrected chi connectivity index (χ1v) is 7.85. The molecule has 0 N–H and O–H groups in total. The summed E-state index contributed by atoms with van der Waals surface area (Å²) in [6.45, 7) is 2.91. The number of hydrogen-bond acceptors (Lipinski definition) is 2. The van der Waals surface area contributed by atoms with Crippen LogP contribution in [0.4, 0.5) is 0 Å². The lowest BCUT2D eigenvalue weighted by Crippen LogP contribution is -2.30. The molecule has 0 aromatic heterocycles. The summed E-state index contributed by atoms with van der Waals surface area (Å²) in [7, 11) is 1.81. The van der Waals surface area contributed by atoms with Crippen LogP contribution in [-0.4, -0.2) is 24.5 Å². The first-order chi connectivity index (χ1) is 11.0. The third-order valence-electron chi connectivity index (χ3n) is 3.97.